The Labute approximate surface area is 121 Å². The van der Waals surface area contributed by atoms with E-state index in [4.69, 9.17) is 27.9 Å². The zero-order valence-corrected chi connectivity index (χ0v) is 12.0. The van der Waals surface area contributed by atoms with E-state index >= 15 is 0 Å². The minimum Gasteiger partial charge on any atom is -0.456 e. The molecule has 2 rings (SSSR count). The molecule has 2 nitrogen and oxygen atoms in total. The molecule has 4 heteroatoms. The van der Waals surface area contributed by atoms with E-state index in [-0.39, 0.29) is 5.78 Å². The number of Topliss-reactive ketones (excluding diaryl/α,β-unsaturated/α-hetero) is 1. The van der Waals surface area contributed by atoms with Crippen LogP contribution in [0.2, 0.25) is 10.0 Å². The van der Waals surface area contributed by atoms with Crippen molar-refractivity contribution in [2.24, 2.45) is 0 Å². The summed E-state index contributed by atoms with van der Waals surface area (Å²) in [4.78, 5) is 11.2. The number of hydrogen-bond donors (Lipinski definition) is 0. The second-order valence-electron chi connectivity index (χ2n) is 4.21. The van der Waals surface area contributed by atoms with Gasteiger partial charge in [-0.2, -0.15) is 0 Å². The Morgan fingerprint density at radius 2 is 1.79 bits per heavy atom. The largest absolute Gasteiger partial charge is 0.456 e. The average Bonchev–Trinajstić information content (AvgIpc) is 2.36. The van der Waals surface area contributed by atoms with Gasteiger partial charge in [-0.05, 0) is 55.8 Å². The van der Waals surface area contributed by atoms with E-state index in [1.54, 1.807) is 30.3 Å². The summed E-state index contributed by atoms with van der Waals surface area (Å²) in [5, 5.41) is 1.09. The van der Waals surface area contributed by atoms with Crippen LogP contribution in [0.3, 0.4) is 0 Å². The maximum absolute atomic E-state index is 11.2. The van der Waals surface area contributed by atoms with Gasteiger partial charge in [0.2, 0.25) is 0 Å². The highest BCUT2D eigenvalue weighted by Crippen LogP contribution is 2.31. The van der Waals surface area contributed by atoms with Crippen LogP contribution < -0.4 is 4.74 Å². The highest BCUT2D eigenvalue weighted by molar-refractivity contribution is 6.32. The zero-order chi connectivity index (χ0) is 14.0. The summed E-state index contributed by atoms with van der Waals surface area (Å²) in [6.07, 6.45) is 0. The number of aryl methyl sites for hydroxylation is 1. The van der Waals surface area contributed by atoms with Gasteiger partial charge in [0, 0.05) is 10.6 Å². The van der Waals surface area contributed by atoms with Gasteiger partial charge < -0.3 is 4.74 Å². The summed E-state index contributed by atoms with van der Waals surface area (Å²) in [6.45, 7) is 3.39. The first kappa shape index (κ1) is 13.9. The first-order valence-corrected chi connectivity index (χ1v) is 6.47. The molecule has 0 aromatic heterocycles. The molecule has 0 radical (unpaired) electrons. The summed E-state index contributed by atoms with van der Waals surface area (Å²) < 4.78 is 5.68. The van der Waals surface area contributed by atoms with E-state index in [0.29, 0.717) is 27.1 Å². The van der Waals surface area contributed by atoms with Gasteiger partial charge in [0.1, 0.15) is 11.5 Å². The van der Waals surface area contributed by atoms with Gasteiger partial charge in [0.05, 0.1) is 5.02 Å². The van der Waals surface area contributed by atoms with Gasteiger partial charge in [-0.3, -0.25) is 4.79 Å². The molecule has 0 amide bonds. The van der Waals surface area contributed by atoms with E-state index in [1.807, 2.05) is 13.0 Å². The van der Waals surface area contributed by atoms with Crippen molar-refractivity contribution in [3.05, 3.63) is 57.6 Å². The topological polar surface area (TPSA) is 26.3 Å². The number of halogens is 2. The third-order valence-electron chi connectivity index (χ3n) is 2.70. The molecule has 0 saturated carbocycles. The minimum absolute atomic E-state index is 0.0317. The van der Waals surface area contributed by atoms with Crippen molar-refractivity contribution in [3.8, 4) is 11.5 Å². The molecule has 0 N–H and O–H groups in total. The van der Waals surface area contributed by atoms with Crippen molar-refractivity contribution in [2.45, 2.75) is 13.8 Å². The van der Waals surface area contributed by atoms with Gasteiger partial charge >= 0.3 is 0 Å². The van der Waals surface area contributed by atoms with Crippen LogP contribution in [0.4, 0.5) is 0 Å². The van der Waals surface area contributed by atoms with Crippen LogP contribution in [-0.4, -0.2) is 5.78 Å². The Morgan fingerprint density at radius 1 is 1.05 bits per heavy atom. The lowest BCUT2D eigenvalue weighted by atomic mass is 10.1. The second kappa shape index (κ2) is 5.64. The molecule has 2 aromatic rings. The molecule has 0 spiro atoms. The molecule has 0 aliphatic carbocycles. The first-order chi connectivity index (χ1) is 8.97. The summed E-state index contributed by atoms with van der Waals surface area (Å²) in [6, 6.07) is 10.3. The van der Waals surface area contributed by atoms with Crippen LogP contribution >= 0.6 is 23.2 Å². The smallest absolute Gasteiger partial charge is 0.159 e. The Kier molecular flexibility index (Phi) is 4.13. The van der Waals surface area contributed by atoms with Crippen LogP contribution in [0.5, 0.6) is 11.5 Å². The lowest BCUT2D eigenvalue weighted by molar-refractivity contribution is 0.101. The minimum atomic E-state index is -0.0317. The van der Waals surface area contributed by atoms with E-state index in [2.05, 4.69) is 0 Å². The fraction of sp³-hybridized carbons (Fsp3) is 0.133. The molecule has 19 heavy (non-hydrogen) atoms. The molecular formula is C15H12Cl2O2. The molecule has 2 aromatic carbocycles. The SMILES string of the molecule is CC(=O)c1ccc(Oc2ccc(Cl)c(C)c2)c(Cl)c1. The molecular weight excluding hydrogens is 283 g/mol. The van der Waals surface area contributed by atoms with Crippen LogP contribution in [0.25, 0.3) is 0 Å². The zero-order valence-electron chi connectivity index (χ0n) is 10.5. The molecule has 0 heterocycles. The number of carbonyl (C=O) groups excluding carboxylic acids is 1. The van der Waals surface area contributed by atoms with Gasteiger partial charge in [0.15, 0.2) is 5.78 Å². The third kappa shape index (κ3) is 3.28. The Morgan fingerprint density at radius 3 is 2.37 bits per heavy atom. The van der Waals surface area contributed by atoms with E-state index in [0.717, 1.165) is 5.56 Å². The fourth-order valence-electron chi connectivity index (χ4n) is 1.61. The molecule has 0 atom stereocenters. The van der Waals surface area contributed by atoms with Crippen LogP contribution in [-0.2, 0) is 0 Å². The molecule has 98 valence electrons. The van der Waals surface area contributed by atoms with Crippen molar-refractivity contribution in [1.29, 1.82) is 0 Å². The summed E-state index contributed by atoms with van der Waals surface area (Å²) >= 11 is 12.0. The number of carbonyl (C=O) groups is 1. The maximum atomic E-state index is 11.2. The second-order valence-corrected chi connectivity index (χ2v) is 5.03. The van der Waals surface area contributed by atoms with Gasteiger partial charge in [-0.25, -0.2) is 0 Å². The summed E-state index contributed by atoms with van der Waals surface area (Å²) in [7, 11) is 0. The van der Waals surface area contributed by atoms with Crippen molar-refractivity contribution < 1.29 is 9.53 Å². The normalized spacial score (nSPS) is 10.3. The van der Waals surface area contributed by atoms with Crippen molar-refractivity contribution in [1.82, 2.24) is 0 Å². The lowest BCUT2D eigenvalue weighted by Crippen LogP contribution is -1.93. The summed E-state index contributed by atoms with van der Waals surface area (Å²) in [5.74, 6) is 1.13. The van der Waals surface area contributed by atoms with Crippen molar-refractivity contribution >= 4 is 29.0 Å². The van der Waals surface area contributed by atoms with Crippen molar-refractivity contribution in [2.75, 3.05) is 0 Å². The highest BCUT2D eigenvalue weighted by Gasteiger charge is 2.07. The van der Waals surface area contributed by atoms with Gasteiger partial charge in [-0.1, -0.05) is 23.2 Å². The first-order valence-electron chi connectivity index (χ1n) is 5.72. The van der Waals surface area contributed by atoms with Gasteiger partial charge in [0.25, 0.3) is 0 Å². The molecule has 0 unspecified atom stereocenters. The third-order valence-corrected chi connectivity index (χ3v) is 3.42. The highest BCUT2D eigenvalue weighted by atomic mass is 35.5. The van der Waals surface area contributed by atoms with Gasteiger partial charge in [-0.15, -0.1) is 0 Å². The number of benzene rings is 2. The number of hydrogen-bond acceptors (Lipinski definition) is 2. The predicted octanol–water partition coefficient (Wildman–Crippen LogP) is 5.30. The monoisotopic (exact) mass is 294 g/mol. The Hall–Kier alpha value is -1.51. The van der Waals surface area contributed by atoms with E-state index in [9.17, 15) is 4.79 Å². The molecule has 0 bridgehead atoms. The molecule has 0 aliphatic rings. The average molecular weight is 295 g/mol. The molecule has 0 fully saturated rings. The van der Waals surface area contributed by atoms with E-state index < -0.39 is 0 Å². The molecule has 0 saturated heterocycles. The molecule has 0 aliphatic heterocycles. The lowest BCUT2D eigenvalue weighted by Gasteiger charge is -2.09. The quantitative estimate of drug-likeness (QED) is 0.718. The standard InChI is InChI=1S/C15H12Cl2O2/c1-9-7-12(4-5-13(9)16)19-15-6-3-11(10(2)18)8-14(15)17/h3-8H,1-2H3. The van der Waals surface area contributed by atoms with Crippen molar-refractivity contribution in [3.63, 3.8) is 0 Å². The Bertz CT molecular complexity index is 636. The number of ketones is 1. The van der Waals surface area contributed by atoms with E-state index in [1.165, 1.54) is 6.92 Å². The predicted molar refractivity (Wildman–Crippen MR) is 77.7 cm³/mol. The van der Waals surface area contributed by atoms with Crippen LogP contribution in [0.1, 0.15) is 22.8 Å². The number of ether oxygens (including phenoxy) is 1. The van der Waals surface area contributed by atoms with Crippen LogP contribution in [0, 0.1) is 6.92 Å². The fourth-order valence-corrected chi connectivity index (χ4v) is 1.95. The van der Waals surface area contributed by atoms with Crippen LogP contribution in [0.15, 0.2) is 36.4 Å². The maximum Gasteiger partial charge on any atom is 0.159 e. The summed E-state index contributed by atoms with van der Waals surface area (Å²) in [5.41, 5.74) is 1.49. The number of rotatable bonds is 3. The Balaban J connectivity index is 2.28.